The van der Waals surface area contributed by atoms with Crippen molar-refractivity contribution in [3.63, 3.8) is 0 Å². The third-order valence-corrected chi connectivity index (χ3v) is 3.49. The Morgan fingerprint density at radius 1 is 1.22 bits per heavy atom. The summed E-state index contributed by atoms with van der Waals surface area (Å²) in [7, 11) is 0. The van der Waals surface area contributed by atoms with Crippen molar-refractivity contribution in [2.24, 2.45) is 0 Å². The number of nitrogens with one attached hydrogen (secondary N) is 1. The molecule has 1 aromatic carbocycles. The lowest BCUT2D eigenvalue weighted by molar-refractivity contribution is -0.325. The zero-order valence-electron chi connectivity index (χ0n) is 13.7. The summed E-state index contributed by atoms with van der Waals surface area (Å²) in [5.74, 6) is 0. The number of hydrogen-bond acceptors (Lipinski definition) is 6. The van der Waals surface area contributed by atoms with Gasteiger partial charge in [-0.2, -0.15) is 10.2 Å². The number of benzene rings is 1. The lowest BCUT2D eigenvalue weighted by Gasteiger charge is -2.08. The number of nitriles is 1. The van der Waals surface area contributed by atoms with E-state index in [0.717, 1.165) is 5.56 Å². The number of aromatic amines is 1. The fourth-order valence-corrected chi connectivity index (χ4v) is 2.30. The van der Waals surface area contributed by atoms with Gasteiger partial charge >= 0.3 is 18.1 Å². The monoisotopic (exact) mass is 379 g/mol. The Balaban J connectivity index is 1.78. The van der Waals surface area contributed by atoms with Crippen molar-refractivity contribution in [3.8, 4) is 12.1 Å². The maximum absolute atomic E-state index is 12.1. The predicted octanol–water partition coefficient (Wildman–Crippen LogP) is 1.95. The fraction of sp³-hybridized carbons (Fsp3) is 0.250. The Labute approximate surface area is 149 Å². The van der Waals surface area contributed by atoms with Gasteiger partial charge in [-0.3, -0.25) is 9.30 Å². The van der Waals surface area contributed by atoms with Gasteiger partial charge in [-0.25, -0.2) is 9.78 Å². The van der Waals surface area contributed by atoms with Crippen molar-refractivity contribution >= 4 is 11.2 Å². The number of fused-ring (bicyclic) bond motifs is 1. The molecule has 0 aliphatic rings. The van der Waals surface area contributed by atoms with Gasteiger partial charge in [0.2, 0.25) is 0 Å². The number of rotatable bonds is 6. The molecule has 140 valence electrons. The minimum Gasteiger partial charge on any atom is -0.461 e. The van der Waals surface area contributed by atoms with E-state index in [4.69, 9.17) is 10.00 Å². The van der Waals surface area contributed by atoms with E-state index >= 15 is 0 Å². The van der Waals surface area contributed by atoms with Crippen molar-refractivity contribution in [1.82, 2.24) is 19.5 Å². The van der Waals surface area contributed by atoms with Crippen molar-refractivity contribution in [3.05, 3.63) is 52.1 Å². The van der Waals surface area contributed by atoms with Gasteiger partial charge in [-0.15, -0.1) is 13.2 Å². The first kappa shape index (κ1) is 18.4. The first-order chi connectivity index (χ1) is 12.9. The molecule has 1 N–H and O–H groups in total. The third-order valence-electron chi connectivity index (χ3n) is 3.49. The number of ether oxygens (including phenoxy) is 2. The average Bonchev–Trinajstić information content (AvgIpc) is 2.94. The summed E-state index contributed by atoms with van der Waals surface area (Å²) in [5.41, 5.74) is 1.42. The summed E-state index contributed by atoms with van der Waals surface area (Å²) in [6.45, 7) is -0.941. The van der Waals surface area contributed by atoms with E-state index in [2.05, 4.69) is 19.7 Å². The molecule has 0 saturated carbocycles. The Kier molecular flexibility index (Phi) is 5.09. The molecule has 27 heavy (non-hydrogen) atoms. The molecule has 0 atom stereocenters. The van der Waals surface area contributed by atoms with Gasteiger partial charge in [-0.05, 0) is 17.7 Å². The van der Waals surface area contributed by atoms with Crippen LogP contribution in [0.1, 0.15) is 11.1 Å². The van der Waals surface area contributed by atoms with Crippen LogP contribution in [0.5, 0.6) is 6.01 Å². The van der Waals surface area contributed by atoms with Gasteiger partial charge in [-0.1, -0.05) is 12.1 Å². The van der Waals surface area contributed by atoms with Crippen molar-refractivity contribution in [1.29, 1.82) is 5.26 Å². The van der Waals surface area contributed by atoms with Gasteiger partial charge in [0.15, 0.2) is 5.65 Å². The summed E-state index contributed by atoms with van der Waals surface area (Å²) in [6, 6.07) is 8.48. The molecule has 0 unspecified atom stereocenters. The van der Waals surface area contributed by atoms with Gasteiger partial charge in [0.05, 0.1) is 31.0 Å². The second kappa shape index (κ2) is 7.46. The molecule has 11 heteroatoms. The second-order valence-corrected chi connectivity index (χ2v) is 5.36. The third kappa shape index (κ3) is 4.62. The van der Waals surface area contributed by atoms with E-state index in [1.165, 1.54) is 10.8 Å². The molecule has 0 radical (unpaired) electrons. The number of imidazole rings is 1. The molecular weight excluding hydrogens is 367 g/mol. The van der Waals surface area contributed by atoms with E-state index in [1.807, 2.05) is 6.07 Å². The lowest BCUT2D eigenvalue weighted by Crippen LogP contribution is -2.19. The highest BCUT2D eigenvalue weighted by Gasteiger charge is 2.28. The molecule has 0 spiro atoms. The predicted molar refractivity (Wildman–Crippen MR) is 85.9 cm³/mol. The summed E-state index contributed by atoms with van der Waals surface area (Å²) < 4.78 is 45.8. The van der Waals surface area contributed by atoms with Crippen LogP contribution in [0.3, 0.4) is 0 Å². The molecule has 0 aliphatic heterocycles. The molecule has 0 amide bonds. The number of nitrogens with zero attached hydrogens (tertiary/aromatic N) is 4. The molecule has 2 aromatic heterocycles. The van der Waals surface area contributed by atoms with Crippen molar-refractivity contribution < 1.29 is 22.6 Å². The fourth-order valence-electron chi connectivity index (χ4n) is 2.30. The van der Waals surface area contributed by atoms with Crippen LogP contribution in [0, 0.1) is 11.3 Å². The molecule has 2 heterocycles. The average molecular weight is 379 g/mol. The maximum Gasteiger partial charge on any atom is 0.522 e. The summed E-state index contributed by atoms with van der Waals surface area (Å²) in [4.78, 5) is 22.6. The topological polar surface area (TPSA) is 106 Å². The zero-order chi connectivity index (χ0) is 19.4. The highest BCUT2D eigenvalue weighted by Crippen LogP contribution is 2.16. The number of aromatic nitrogens is 4. The van der Waals surface area contributed by atoms with E-state index in [0.29, 0.717) is 11.1 Å². The van der Waals surface area contributed by atoms with Crippen LogP contribution in [0.2, 0.25) is 0 Å². The highest BCUT2D eigenvalue weighted by atomic mass is 19.4. The molecule has 8 nitrogen and oxygen atoms in total. The molecule has 3 aromatic rings. The van der Waals surface area contributed by atoms with Gasteiger partial charge < -0.3 is 9.72 Å². The second-order valence-electron chi connectivity index (χ2n) is 5.36. The molecule has 0 fully saturated rings. The van der Waals surface area contributed by atoms with Crippen LogP contribution in [-0.4, -0.2) is 39.1 Å². The maximum atomic E-state index is 12.1. The van der Waals surface area contributed by atoms with Gasteiger partial charge in [0.1, 0.15) is 12.1 Å². The molecular formula is C16H12F3N5O3. The van der Waals surface area contributed by atoms with E-state index < -0.39 is 25.3 Å². The number of alkyl halides is 3. The smallest absolute Gasteiger partial charge is 0.461 e. The number of halogens is 3. The number of H-pyrrole nitrogens is 1. The SMILES string of the molecule is N#Cc1ccc(Cn2c(=O)[nH]c3cnc(OCCOC(F)(F)F)nc32)cc1. The Morgan fingerprint density at radius 3 is 2.63 bits per heavy atom. The van der Waals surface area contributed by atoms with E-state index in [1.54, 1.807) is 24.3 Å². The number of hydrogen-bond donors (Lipinski definition) is 1. The van der Waals surface area contributed by atoms with Crippen LogP contribution in [0.4, 0.5) is 13.2 Å². The molecule has 0 bridgehead atoms. The van der Waals surface area contributed by atoms with Crippen LogP contribution >= 0.6 is 0 Å². The van der Waals surface area contributed by atoms with Gasteiger partial charge in [0, 0.05) is 0 Å². The Hall–Kier alpha value is -3.39. The minimum atomic E-state index is -4.74. The minimum absolute atomic E-state index is 0.179. The summed E-state index contributed by atoms with van der Waals surface area (Å²) in [5, 5.41) is 8.82. The zero-order valence-corrected chi connectivity index (χ0v) is 13.7. The quantitative estimate of drug-likeness (QED) is 0.657. The summed E-state index contributed by atoms with van der Waals surface area (Å²) in [6.07, 6.45) is -3.44. The first-order valence-corrected chi connectivity index (χ1v) is 7.64. The van der Waals surface area contributed by atoms with Crippen LogP contribution in [0.25, 0.3) is 11.2 Å². The lowest BCUT2D eigenvalue weighted by atomic mass is 10.1. The highest BCUT2D eigenvalue weighted by molar-refractivity contribution is 5.69. The van der Waals surface area contributed by atoms with E-state index in [9.17, 15) is 18.0 Å². The normalized spacial score (nSPS) is 11.5. The van der Waals surface area contributed by atoms with Crippen molar-refractivity contribution in [2.45, 2.75) is 12.9 Å². The van der Waals surface area contributed by atoms with Crippen LogP contribution in [0.15, 0.2) is 35.3 Å². The first-order valence-electron chi connectivity index (χ1n) is 7.64. The Bertz CT molecular complexity index is 1030. The largest absolute Gasteiger partial charge is 0.522 e. The summed E-state index contributed by atoms with van der Waals surface area (Å²) >= 11 is 0. The standard InChI is InChI=1S/C16H12F3N5O3/c17-16(18,19)27-6-5-26-14-21-8-12-13(23-14)24(15(25)22-12)9-11-3-1-10(7-20)2-4-11/h1-4,8H,5-6,9H2,(H,22,25). The molecule has 0 aliphatic carbocycles. The van der Waals surface area contributed by atoms with Crippen LogP contribution in [-0.2, 0) is 11.3 Å². The van der Waals surface area contributed by atoms with E-state index in [-0.39, 0.29) is 18.2 Å². The van der Waals surface area contributed by atoms with Gasteiger partial charge in [0.25, 0.3) is 0 Å². The molecule has 0 saturated heterocycles. The Morgan fingerprint density at radius 2 is 1.96 bits per heavy atom. The molecule has 3 rings (SSSR count). The van der Waals surface area contributed by atoms with Crippen molar-refractivity contribution in [2.75, 3.05) is 13.2 Å². The van der Waals surface area contributed by atoms with Crippen LogP contribution < -0.4 is 10.4 Å².